The maximum Gasteiger partial charge on any atom is 0.245 e. The molecule has 7 nitrogen and oxygen atoms in total. The summed E-state index contributed by atoms with van der Waals surface area (Å²) in [5.74, 6) is 1.81. The number of nitrogens with one attached hydrogen (secondary N) is 1. The van der Waals surface area contributed by atoms with Gasteiger partial charge < -0.3 is 9.80 Å². The van der Waals surface area contributed by atoms with Gasteiger partial charge in [-0.2, -0.15) is 5.10 Å². The minimum absolute atomic E-state index is 0.148. The van der Waals surface area contributed by atoms with E-state index in [4.69, 9.17) is 0 Å². The molecule has 3 fully saturated rings. The number of aromatic nitrogens is 3. The van der Waals surface area contributed by atoms with Crippen LogP contribution in [0.25, 0.3) is 0 Å². The summed E-state index contributed by atoms with van der Waals surface area (Å²) in [6.45, 7) is 2.23. The molecule has 3 heterocycles. The van der Waals surface area contributed by atoms with Crippen molar-refractivity contribution in [3.05, 3.63) is 12.2 Å². The minimum Gasteiger partial charge on any atom is -0.341 e. The lowest BCUT2D eigenvalue weighted by Gasteiger charge is -2.36. The van der Waals surface area contributed by atoms with Gasteiger partial charge in [0, 0.05) is 31.5 Å². The lowest BCUT2D eigenvalue weighted by atomic mass is 9.88. The Morgan fingerprint density at radius 1 is 0.923 bits per heavy atom. The van der Waals surface area contributed by atoms with E-state index in [9.17, 15) is 9.59 Å². The molecule has 1 aliphatic carbocycles. The average Bonchev–Trinajstić information content (AvgIpc) is 3.40. The first-order valence-electron chi connectivity index (χ1n) is 10.2. The molecule has 0 bridgehead atoms. The SMILES string of the molecule is O=C([C@@H]1CCCN1C(=O)C1CCCCC1)N1CCC(c2ncn[nH]2)CC1. The Labute approximate surface area is 154 Å². The monoisotopic (exact) mass is 359 g/mol. The van der Waals surface area contributed by atoms with Crippen molar-refractivity contribution in [2.75, 3.05) is 19.6 Å². The zero-order valence-electron chi connectivity index (χ0n) is 15.4. The number of hydrogen-bond donors (Lipinski definition) is 1. The number of rotatable bonds is 3. The standard InChI is InChI=1S/C19H29N5O2/c25-18(15-5-2-1-3-6-15)24-10-4-7-16(24)19(26)23-11-8-14(9-12-23)17-20-13-21-22-17/h13-16H,1-12H2,(H,20,21,22)/t16-/m0/s1. The second kappa shape index (κ2) is 7.76. The molecule has 26 heavy (non-hydrogen) atoms. The third-order valence-corrected chi connectivity index (χ3v) is 6.40. The van der Waals surface area contributed by atoms with Crippen molar-refractivity contribution in [1.82, 2.24) is 25.0 Å². The van der Waals surface area contributed by atoms with E-state index in [0.717, 1.165) is 76.8 Å². The number of aromatic amines is 1. The predicted octanol–water partition coefficient (Wildman–Crippen LogP) is 2.08. The summed E-state index contributed by atoms with van der Waals surface area (Å²) in [5.41, 5.74) is 0. The summed E-state index contributed by atoms with van der Waals surface area (Å²) < 4.78 is 0. The molecule has 2 saturated heterocycles. The van der Waals surface area contributed by atoms with Crippen LogP contribution in [0.1, 0.15) is 69.5 Å². The van der Waals surface area contributed by atoms with E-state index >= 15 is 0 Å². The Morgan fingerprint density at radius 2 is 1.69 bits per heavy atom. The van der Waals surface area contributed by atoms with E-state index in [1.807, 2.05) is 9.80 Å². The summed E-state index contributed by atoms with van der Waals surface area (Å²) in [6, 6.07) is -0.230. The highest BCUT2D eigenvalue weighted by Crippen LogP contribution is 2.31. The predicted molar refractivity (Wildman–Crippen MR) is 96.2 cm³/mol. The fourth-order valence-corrected chi connectivity index (χ4v) is 4.87. The number of nitrogens with zero attached hydrogens (tertiary/aromatic N) is 4. The number of piperidine rings is 1. The van der Waals surface area contributed by atoms with E-state index in [0.29, 0.717) is 5.92 Å². The fourth-order valence-electron chi connectivity index (χ4n) is 4.87. The lowest BCUT2D eigenvalue weighted by Crippen LogP contribution is -2.51. The van der Waals surface area contributed by atoms with E-state index in [-0.39, 0.29) is 23.8 Å². The highest BCUT2D eigenvalue weighted by Gasteiger charge is 2.40. The van der Waals surface area contributed by atoms with Gasteiger partial charge in [0.1, 0.15) is 18.2 Å². The molecule has 1 atom stereocenters. The van der Waals surface area contributed by atoms with Gasteiger partial charge in [0.05, 0.1) is 0 Å². The average molecular weight is 359 g/mol. The van der Waals surface area contributed by atoms with Gasteiger partial charge in [0.2, 0.25) is 11.8 Å². The molecule has 1 saturated carbocycles. The maximum atomic E-state index is 13.1. The fraction of sp³-hybridized carbons (Fsp3) is 0.789. The molecule has 3 aliphatic rings. The molecule has 1 N–H and O–H groups in total. The van der Waals surface area contributed by atoms with Gasteiger partial charge in [0.15, 0.2) is 0 Å². The first-order chi connectivity index (χ1) is 12.7. The molecule has 0 spiro atoms. The molecule has 0 aromatic carbocycles. The van der Waals surface area contributed by atoms with Crippen LogP contribution in [-0.2, 0) is 9.59 Å². The first kappa shape index (κ1) is 17.5. The van der Waals surface area contributed by atoms with Crippen molar-refractivity contribution < 1.29 is 9.59 Å². The van der Waals surface area contributed by atoms with Gasteiger partial charge in [-0.25, -0.2) is 4.98 Å². The summed E-state index contributed by atoms with van der Waals surface area (Å²) >= 11 is 0. The summed E-state index contributed by atoms with van der Waals surface area (Å²) in [7, 11) is 0. The molecular weight excluding hydrogens is 330 g/mol. The van der Waals surface area contributed by atoms with Crippen molar-refractivity contribution in [3.63, 3.8) is 0 Å². The Bertz CT molecular complexity index is 618. The number of amides is 2. The molecule has 1 aromatic heterocycles. The van der Waals surface area contributed by atoms with Gasteiger partial charge in [-0.15, -0.1) is 0 Å². The Balaban J connectivity index is 1.35. The first-order valence-corrected chi connectivity index (χ1v) is 10.2. The van der Waals surface area contributed by atoms with Gasteiger partial charge in [0.25, 0.3) is 0 Å². The van der Waals surface area contributed by atoms with E-state index < -0.39 is 0 Å². The Kier molecular flexibility index (Phi) is 5.22. The van der Waals surface area contributed by atoms with Gasteiger partial charge >= 0.3 is 0 Å². The van der Waals surface area contributed by atoms with Crippen LogP contribution in [0.4, 0.5) is 0 Å². The van der Waals surface area contributed by atoms with Crippen LogP contribution in [-0.4, -0.2) is 62.5 Å². The molecule has 2 amide bonds. The van der Waals surface area contributed by atoms with Gasteiger partial charge in [-0.1, -0.05) is 19.3 Å². The number of likely N-dealkylation sites (tertiary alicyclic amines) is 2. The van der Waals surface area contributed by atoms with Crippen LogP contribution in [0.3, 0.4) is 0 Å². The smallest absolute Gasteiger partial charge is 0.245 e. The van der Waals surface area contributed by atoms with Crippen LogP contribution >= 0.6 is 0 Å². The highest BCUT2D eigenvalue weighted by atomic mass is 16.2. The zero-order chi connectivity index (χ0) is 17.9. The minimum atomic E-state index is -0.230. The van der Waals surface area contributed by atoms with Crippen molar-refractivity contribution >= 4 is 11.8 Å². The number of hydrogen-bond acceptors (Lipinski definition) is 4. The topological polar surface area (TPSA) is 82.2 Å². The normalized spacial score (nSPS) is 25.6. The molecular formula is C19H29N5O2. The molecule has 4 rings (SSSR count). The van der Waals surface area contributed by atoms with E-state index in [1.165, 1.54) is 6.42 Å². The van der Waals surface area contributed by atoms with Crippen molar-refractivity contribution in [2.45, 2.75) is 69.7 Å². The third kappa shape index (κ3) is 3.48. The van der Waals surface area contributed by atoms with Gasteiger partial charge in [-0.05, 0) is 38.5 Å². The quantitative estimate of drug-likeness (QED) is 0.896. The number of carbonyl (C=O) groups is 2. The molecule has 2 aliphatic heterocycles. The second-order valence-electron chi connectivity index (χ2n) is 7.99. The lowest BCUT2D eigenvalue weighted by molar-refractivity contribution is -0.147. The van der Waals surface area contributed by atoms with Crippen LogP contribution < -0.4 is 0 Å². The molecule has 1 aromatic rings. The number of H-pyrrole nitrogens is 1. The van der Waals surface area contributed by atoms with E-state index in [1.54, 1.807) is 6.33 Å². The van der Waals surface area contributed by atoms with E-state index in [2.05, 4.69) is 15.2 Å². The molecule has 0 radical (unpaired) electrons. The number of carbonyl (C=O) groups excluding carboxylic acids is 2. The Hall–Kier alpha value is -1.92. The second-order valence-corrected chi connectivity index (χ2v) is 7.99. The summed E-state index contributed by atoms with van der Waals surface area (Å²) in [5, 5.41) is 6.87. The zero-order valence-corrected chi connectivity index (χ0v) is 15.4. The summed E-state index contributed by atoms with van der Waals surface area (Å²) in [4.78, 5) is 34.1. The van der Waals surface area contributed by atoms with Gasteiger partial charge in [-0.3, -0.25) is 14.7 Å². The molecule has 142 valence electrons. The van der Waals surface area contributed by atoms with Crippen LogP contribution in [0.15, 0.2) is 6.33 Å². The van der Waals surface area contributed by atoms with Crippen molar-refractivity contribution in [2.24, 2.45) is 5.92 Å². The molecule has 7 heteroatoms. The molecule has 0 unspecified atom stereocenters. The Morgan fingerprint density at radius 3 is 2.38 bits per heavy atom. The summed E-state index contributed by atoms with van der Waals surface area (Å²) in [6.07, 6.45) is 10.7. The highest BCUT2D eigenvalue weighted by molar-refractivity contribution is 5.89. The maximum absolute atomic E-state index is 13.1. The van der Waals surface area contributed by atoms with Crippen LogP contribution in [0.2, 0.25) is 0 Å². The largest absolute Gasteiger partial charge is 0.341 e. The van der Waals surface area contributed by atoms with Crippen molar-refractivity contribution in [3.8, 4) is 0 Å². The van der Waals surface area contributed by atoms with Crippen molar-refractivity contribution in [1.29, 1.82) is 0 Å². The van der Waals surface area contributed by atoms with Crippen LogP contribution in [0.5, 0.6) is 0 Å². The van der Waals surface area contributed by atoms with Crippen LogP contribution in [0, 0.1) is 5.92 Å². The third-order valence-electron chi connectivity index (χ3n) is 6.40.